The van der Waals surface area contributed by atoms with Crippen LogP contribution in [0.2, 0.25) is 0 Å². The minimum atomic E-state index is 0.322. The van der Waals surface area contributed by atoms with Crippen molar-refractivity contribution in [1.82, 2.24) is 29.5 Å². The quantitative estimate of drug-likeness (QED) is 0.565. The van der Waals surface area contributed by atoms with Gasteiger partial charge in [0.25, 0.3) is 0 Å². The predicted molar refractivity (Wildman–Crippen MR) is 108 cm³/mol. The van der Waals surface area contributed by atoms with Crippen molar-refractivity contribution >= 4 is 5.65 Å². The number of nitrogens with one attached hydrogen (secondary N) is 1. The van der Waals surface area contributed by atoms with Crippen LogP contribution in [-0.4, -0.2) is 29.5 Å². The van der Waals surface area contributed by atoms with Gasteiger partial charge in [-0.1, -0.05) is 43.7 Å². The molecule has 0 aliphatic heterocycles. The lowest BCUT2D eigenvalue weighted by Gasteiger charge is -2.00. The van der Waals surface area contributed by atoms with Crippen LogP contribution in [0, 0.1) is 13.8 Å². The molecule has 1 saturated carbocycles. The lowest BCUT2D eigenvalue weighted by Crippen LogP contribution is -1.97. The lowest BCUT2D eigenvalue weighted by molar-refractivity contribution is 0.818. The normalized spacial score (nSPS) is 18.7. The highest BCUT2D eigenvalue weighted by molar-refractivity contribution is 5.62. The van der Waals surface area contributed by atoms with E-state index in [1.165, 1.54) is 11.3 Å². The second-order valence-corrected chi connectivity index (χ2v) is 7.70. The van der Waals surface area contributed by atoms with Crippen molar-refractivity contribution in [1.29, 1.82) is 0 Å². The fraction of sp³-hybridized carbons (Fsp3) is 0.364. The summed E-state index contributed by atoms with van der Waals surface area (Å²) < 4.78 is 1.91. The fourth-order valence-corrected chi connectivity index (χ4v) is 3.92. The van der Waals surface area contributed by atoms with Crippen molar-refractivity contribution in [3.63, 3.8) is 0 Å². The summed E-state index contributed by atoms with van der Waals surface area (Å²) in [4.78, 5) is 17.8. The molecule has 5 rings (SSSR count). The molecule has 1 N–H and O–H groups in total. The first-order valence-electron chi connectivity index (χ1n) is 9.98. The Bertz CT molecular complexity index is 1100. The summed E-state index contributed by atoms with van der Waals surface area (Å²) in [5.41, 5.74) is 6.27. The maximum atomic E-state index is 5.00. The Morgan fingerprint density at radius 3 is 2.68 bits per heavy atom. The maximum absolute atomic E-state index is 5.00. The number of aryl methyl sites for hydroxylation is 3. The Morgan fingerprint density at radius 2 is 1.93 bits per heavy atom. The minimum absolute atomic E-state index is 0.322. The predicted octanol–water partition coefficient (Wildman–Crippen LogP) is 4.35. The molecule has 0 radical (unpaired) electrons. The Hall–Kier alpha value is -3.02. The van der Waals surface area contributed by atoms with E-state index < -0.39 is 0 Å². The molecule has 6 heteroatoms. The van der Waals surface area contributed by atoms with Gasteiger partial charge in [-0.3, -0.25) is 4.98 Å². The topological polar surface area (TPSA) is 71.8 Å². The van der Waals surface area contributed by atoms with Crippen molar-refractivity contribution in [2.24, 2.45) is 0 Å². The SMILES string of the molecule is CCCc1[nH]c(C2CC2c2nc3c(C)ncc(C)n3n2)nc1-c1ccccc1. The second-order valence-electron chi connectivity index (χ2n) is 7.70. The van der Waals surface area contributed by atoms with Crippen LogP contribution in [0.4, 0.5) is 0 Å². The Morgan fingerprint density at radius 1 is 1.11 bits per heavy atom. The van der Waals surface area contributed by atoms with E-state index >= 15 is 0 Å². The smallest absolute Gasteiger partial charge is 0.177 e. The van der Waals surface area contributed by atoms with Crippen LogP contribution in [-0.2, 0) is 6.42 Å². The number of rotatable bonds is 5. The van der Waals surface area contributed by atoms with Crippen molar-refractivity contribution in [3.8, 4) is 11.3 Å². The van der Waals surface area contributed by atoms with Crippen LogP contribution >= 0.6 is 0 Å². The van der Waals surface area contributed by atoms with Gasteiger partial charge in [0, 0.05) is 29.3 Å². The molecule has 2 unspecified atom stereocenters. The van der Waals surface area contributed by atoms with Gasteiger partial charge in [0.1, 0.15) is 5.82 Å². The largest absolute Gasteiger partial charge is 0.345 e. The van der Waals surface area contributed by atoms with Crippen molar-refractivity contribution < 1.29 is 0 Å². The van der Waals surface area contributed by atoms with E-state index in [0.717, 1.165) is 53.6 Å². The number of imidazole rings is 1. The molecule has 1 aliphatic rings. The average molecular weight is 372 g/mol. The van der Waals surface area contributed by atoms with Gasteiger partial charge in [0.15, 0.2) is 11.5 Å². The third-order valence-electron chi connectivity index (χ3n) is 5.54. The van der Waals surface area contributed by atoms with Crippen molar-refractivity contribution in [2.45, 2.75) is 51.9 Å². The molecule has 3 aromatic heterocycles. The maximum Gasteiger partial charge on any atom is 0.177 e. The second kappa shape index (κ2) is 6.55. The van der Waals surface area contributed by atoms with E-state index in [1.807, 2.05) is 30.6 Å². The van der Waals surface area contributed by atoms with Crippen LogP contribution in [0.5, 0.6) is 0 Å². The summed E-state index contributed by atoms with van der Waals surface area (Å²) >= 11 is 0. The monoisotopic (exact) mass is 372 g/mol. The number of nitrogens with zero attached hydrogens (tertiary/aromatic N) is 5. The molecule has 0 saturated heterocycles. The lowest BCUT2D eigenvalue weighted by atomic mass is 10.1. The minimum Gasteiger partial charge on any atom is -0.345 e. The molecule has 1 aromatic carbocycles. The van der Waals surface area contributed by atoms with Crippen molar-refractivity contribution in [2.75, 3.05) is 0 Å². The van der Waals surface area contributed by atoms with Gasteiger partial charge < -0.3 is 4.98 Å². The third-order valence-corrected chi connectivity index (χ3v) is 5.54. The van der Waals surface area contributed by atoms with Crippen LogP contribution in [0.25, 0.3) is 16.9 Å². The zero-order chi connectivity index (χ0) is 19.3. The van der Waals surface area contributed by atoms with Gasteiger partial charge >= 0.3 is 0 Å². The summed E-state index contributed by atoms with van der Waals surface area (Å²) in [5, 5.41) is 4.76. The number of aromatic amines is 1. The van der Waals surface area contributed by atoms with Gasteiger partial charge in [-0.15, -0.1) is 0 Å². The van der Waals surface area contributed by atoms with E-state index in [4.69, 9.17) is 15.1 Å². The first kappa shape index (κ1) is 17.1. The first-order chi connectivity index (χ1) is 13.7. The summed E-state index contributed by atoms with van der Waals surface area (Å²) in [6.45, 7) is 6.19. The zero-order valence-electron chi connectivity index (χ0n) is 16.5. The molecule has 4 aromatic rings. The third kappa shape index (κ3) is 2.80. The van der Waals surface area contributed by atoms with Crippen LogP contribution < -0.4 is 0 Å². The molecule has 0 bridgehead atoms. The summed E-state index contributed by atoms with van der Waals surface area (Å²) in [7, 11) is 0. The van der Waals surface area contributed by atoms with Crippen molar-refractivity contribution in [3.05, 3.63) is 65.3 Å². The van der Waals surface area contributed by atoms with Crippen LogP contribution in [0.15, 0.2) is 36.5 Å². The van der Waals surface area contributed by atoms with Gasteiger partial charge in [-0.2, -0.15) is 5.10 Å². The Balaban J connectivity index is 1.47. The molecular formula is C22H24N6. The van der Waals surface area contributed by atoms with E-state index in [1.54, 1.807) is 0 Å². The summed E-state index contributed by atoms with van der Waals surface area (Å²) in [5.74, 6) is 2.65. The number of fused-ring (bicyclic) bond motifs is 1. The molecule has 2 atom stereocenters. The average Bonchev–Trinajstić information content (AvgIpc) is 3.19. The van der Waals surface area contributed by atoms with E-state index in [-0.39, 0.29) is 0 Å². The molecule has 142 valence electrons. The Kier molecular flexibility index (Phi) is 4.00. The van der Waals surface area contributed by atoms with Gasteiger partial charge in [-0.05, 0) is 26.7 Å². The van der Waals surface area contributed by atoms with Gasteiger partial charge in [0.2, 0.25) is 0 Å². The number of benzene rings is 1. The fourth-order valence-electron chi connectivity index (χ4n) is 3.92. The highest BCUT2D eigenvalue weighted by Crippen LogP contribution is 2.53. The van der Waals surface area contributed by atoms with E-state index in [0.29, 0.717) is 11.8 Å². The molecule has 1 aliphatic carbocycles. The molecule has 0 amide bonds. The summed E-state index contributed by atoms with van der Waals surface area (Å²) in [6, 6.07) is 10.4. The zero-order valence-corrected chi connectivity index (χ0v) is 16.5. The number of hydrogen-bond acceptors (Lipinski definition) is 4. The molecule has 0 spiro atoms. The highest BCUT2D eigenvalue weighted by atomic mass is 15.3. The van der Waals surface area contributed by atoms with Crippen LogP contribution in [0.1, 0.15) is 60.3 Å². The molecule has 3 heterocycles. The van der Waals surface area contributed by atoms with Gasteiger partial charge in [-0.25, -0.2) is 14.5 Å². The van der Waals surface area contributed by atoms with E-state index in [9.17, 15) is 0 Å². The molecule has 1 fully saturated rings. The standard InChI is InChI=1S/C22H24N6/c1-4-8-18-19(15-9-6-5-7-10-15)25-20(24-18)16-11-17(16)21-26-22-14(3)23-12-13(2)28(22)27-21/h5-7,9-10,12,16-17H,4,8,11H2,1-3H3,(H,24,25). The molecule has 28 heavy (non-hydrogen) atoms. The Labute approximate surface area is 164 Å². The number of H-pyrrole nitrogens is 1. The number of hydrogen-bond donors (Lipinski definition) is 1. The van der Waals surface area contributed by atoms with Gasteiger partial charge in [0.05, 0.1) is 17.1 Å². The molecular weight excluding hydrogens is 348 g/mol. The van der Waals surface area contributed by atoms with Crippen LogP contribution in [0.3, 0.4) is 0 Å². The number of aromatic nitrogens is 6. The first-order valence-corrected chi connectivity index (χ1v) is 9.98. The summed E-state index contributed by atoms with van der Waals surface area (Å²) in [6.07, 6.45) is 4.98. The van der Waals surface area contributed by atoms with E-state index in [2.05, 4.69) is 41.2 Å². The highest BCUT2D eigenvalue weighted by Gasteiger charge is 2.45. The molecule has 6 nitrogen and oxygen atoms in total.